The predicted octanol–water partition coefficient (Wildman–Crippen LogP) is 20.6. The molecular formula is C62H120O6. The molecule has 0 saturated heterocycles. The molecule has 404 valence electrons. The molecule has 0 aromatic heterocycles. The molecule has 0 aromatic carbocycles. The zero-order chi connectivity index (χ0) is 49.5. The zero-order valence-electron chi connectivity index (χ0n) is 46.6. The van der Waals surface area contributed by atoms with Crippen LogP contribution in [-0.2, 0) is 28.6 Å². The van der Waals surface area contributed by atoms with E-state index in [1.807, 2.05) is 0 Å². The van der Waals surface area contributed by atoms with Crippen molar-refractivity contribution in [1.29, 1.82) is 0 Å². The molecule has 0 fully saturated rings. The summed E-state index contributed by atoms with van der Waals surface area (Å²) in [5.41, 5.74) is 0. The fourth-order valence-electron chi connectivity index (χ4n) is 9.63. The largest absolute Gasteiger partial charge is 0.462 e. The van der Waals surface area contributed by atoms with Gasteiger partial charge in [-0.05, 0) is 25.2 Å². The Hall–Kier alpha value is -1.59. The molecule has 1 atom stereocenters. The van der Waals surface area contributed by atoms with Gasteiger partial charge in [0, 0.05) is 19.3 Å². The standard InChI is InChI=1S/C62H120O6/c1-5-7-9-11-13-15-17-19-21-22-23-24-26-30-34-38-42-46-50-54-61(64)67-57-59(56-66-60(63)53-49-45-41-37-33-29-25-20-18-16-14-12-10-8-6-2)68-62(65)55-51-47-43-39-35-31-27-28-32-36-40-44-48-52-58(3)4/h58-59H,5-57H2,1-4H3/t59-/m0/s1. The van der Waals surface area contributed by atoms with Crippen LogP contribution in [0.4, 0.5) is 0 Å². The SMILES string of the molecule is CCCCCCCCCCCCCCCCCCCCCC(=O)OC[C@H](COC(=O)CCCCCCCCCCCCCCCCC)OC(=O)CCCCCCCCCCCCCCCC(C)C. The van der Waals surface area contributed by atoms with Gasteiger partial charge in [0.15, 0.2) is 6.10 Å². The molecule has 0 saturated carbocycles. The van der Waals surface area contributed by atoms with E-state index in [9.17, 15) is 14.4 Å². The molecule has 0 rings (SSSR count). The monoisotopic (exact) mass is 961 g/mol. The van der Waals surface area contributed by atoms with E-state index in [1.54, 1.807) is 0 Å². The number of ether oxygens (including phenoxy) is 3. The van der Waals surface area contributed by atoms with Gasteiger partial charge in [-0.15, -0.1) is 0 Å². The topological polar surface area (TPSA) is 78.9 Å². The third-order valence-electron chi connectivity index (χ3n) is 14.3. The average Bonchev–Trinajstić information content (AvgIpc) is 3.32. The maximum Gasteiger partial charge on any atom is 0.306 e. The van der Waals surface area contributed by atoms with E-state index in [0.717, 1.165) is 63.7 Å². The molecule has 0 aliphatic carbocycles. The van der Waals surface area contributed by atoms with E-state index in [-0.39, 0.29) is 31.1 Å². The van der Waals surface area contributed by atoms with Crippen molar-refractivity contribution in [1.82, 2.24) is 0 Å². The lowest BCUT2D eigenvalue weighted by Gasteiger charge is -2.18. The van der Waals surface area contributed by atoms with Crippen molar-refractivity contribution >= 4 is 17.9 Å². The van der Waals surface area contributed by atoms with Gasteiger partial charge in [-0.3, -0.25) is 14.4 Å². The molecular weight excluding hydrogens is 841 g/mol. The highest BCUT2D eigenvalue weighted by Gasteiger charge is 2.19. The van der Waals surface area contributed by atoms with E-state index in [1.165, 1.54) is 250 Å². The number of rotatable bonds is 57. The molecule has 0 aliphatic heterocycles. The van der Waals surface area contributed by atoms with E-state index in [4.69, 9.17) is 14.2 Å². The Morgan fingerprint density at radius 2 is 0.485 bits per heavy atom. The second-order valence-electron chi connectivity index (χ2n) is 21.8. The van der Waals surface area contributed by atoms with Crippen LogP contribution in [0.25, 0.3) is 0 Å². The Kier molecular flexibility index (Phi) is 55.0. The molecule has 0 radical (unpaired) electrons. The Morgan fingerprint density at radius 3 is 0.721 bits per heavy atom. The number of carbonyl (C=O) groups excluding carboxylic acids is 3. The summed E-state index contributed by atoms with van der Waals surface area (Å²) in [4.78, 5) is 38.2. The summed E-state index contributed by atoms with van der Waals surface area (Å²) in [5.74, 6) is 0.00777. The summed E-state index contributed by atoms with van der Waals surface area (Å²) >= 11 is 0. The molecule has 0 aliphatic rings. The fourth-order valence-corrected chi connectivity index (χ4v) is 9.63. The number of hydrogen-bond donors (Lipinski definition) is 0. The third-order valence-corrected chi connectivity index (χ3v) is 14.3. The lowest BCUT2D eigenvalue weighted by atomic mass is 10.0. The maximum absolute atomic E-state index is 12.9. The van der Waals surface area contributed by atoms with Crippen LogP contribution in [0.5, 0.6) is 0 Å². The van der Waals surface area contributed by atoms with E-state index in [0.29, 0.717) is 19.3 Å². The molecule has 6 nitrogen and oxygen atoms in total. The van der Waals surface area contributed by atoms with Gasteiger partial charge in [0.2, 0.25) is 0 Å². The van der Waals surface area contributed by atoms with Crippen molar-refractivity contribution in [3.05, 3.63) is 0 Å². The number of hydrogen-bond acceptors (Lipinski definition) is 6. The van der Waals surface area contributed by atoms with Crippen molar-refractivity contribution in [2.24, 2.45) is 5.92 Å². The van der Waals surface area contributed by atoms with Crippen LogP contribution in [0, 0.1) is 5.92 Å². The van der Waals surface area contributed by atoms with Gasteiger partial charge in [0.05, 0.1) is 0 Å². The predicted molar refractivity (Wildman–Crippen MR) is 293 cm³/mol. The minimum absolute atomic E-state index is 0.0614. The van der Waals surface area contributed by atoms with Gasteiger partial charge in [0.1, 0.15) is 13.2 Å². The molecule has 0 N–H and O–H groups in total. The smallest absolute Gasteiger partial charge is 0.306 e. The second-order valence-corrected chi connectivity index (χ2v) is 21.8. The normalized spacial score (nSPS) is 12.0. The lowest BCUT2D eigenvalue weighted by Crippen LogP contribution is -2.30. The van der Waals surface area contributed by atoms with Crippen LogP contribution in [0.1, 0.15) is 355 Å². The van der Waals surface area contributed by atoms with Crippen molar-refractivity contribution in [3.63, 3.8) is 0 Å². The van der Waals surface area contributed by atoms with Crippen molar-refractivity contribution < 1.29 is 28.6 Å². The minimum Gasteiger partial charge on any atom is -0.462 e. The fraction of sp³-hybridized carbons (Fsp3) is 0.952. The van der Waals surface area contributed by atoms with Crippen LogP contribution in [0.3, 0.4) is 0 Å². The molecule has 6 heteroatoms. The number of carbonyl (C=O) groups is 3. The minimum atomic E-state index is -0.762. The van der Waals surface area contributed by atoms with Gasteiger partial charge in [-0.2, -0.15) is 0 Å². The van der Waals surface area contributed by atoms with Crippen LogP contribution in [-0.4, -0.2) is 37.2 Å². The summed E-state index contributed by atoms with van der Waals surface area (Å²) in [5, 5.41) is 0. The zero-order valence-corrected chi connectivity index (χ0v) is 46.6. The Labute approximate surface area is 425 Å². The third kappa shape index (κ3) is 55.3. The number of unbranched alkanes of at least 4 members (excludes halogenated alkanes) is 44. The average molecular weight is 962 g/mol. The van der Waals surface area contributed by atoms with Gasteiger partial charge in [0.25, 0.3) is 0 Å². The Bertz CT molecular complexity index is 1030. The van der Waals surface area contributed by atoms with Crippen LogP contribution >= 0.6 is 0 Å². The highest BCUT2D eigenvalue weighted by molar-refractivity contribution is 5.71. The second kappa shape index (κ2) is 56.3. The first kappa shape index (κ1) is 66.4. The van der Waals surface area contributed by atoms with Crippen LogP contribution < -0.4 is 0 Å². The first-order valence-corrected chi connectivity index (χ1v) is 30.9. The lowest BCUT2D eigenvalue weighted by molar-refractivity contribution is -0.167. The molecule has 0 unspecified atom stereocenters. The van der Waals surface area contributed by atoms with Crippen molar-refractivity contribution in [2.45, 2.75) is 361 Å². The molecule has 68 heavy (non-hydrogen) atoms. The summed E-state index contributed by atoms with van der Waals surface area (Å²) in [7, 11) is 0. The molecule has 0 heterocycles. The summed E-state index contributed by atoms with van der Waals surface area (Å²) in [6.07, 6.45) is 62.4. The number of esters is 3. The van der Waals surface area contributed by atoms with E-state index in [2.05, 4.69) is 27.7 Å². The van der Waals surface area contributed by atoms with Crippen molar-refractivity contribution in [2.75, 3.05) is 13.2 Å². The first-order chi connectivity index (χ1) is 33.4. The maximum atomic E-state index is 12.9. The Morgan fingerprint density at radius 1 is 0.279 bits per heavy atom. The van der Waals surface area contributed by atoms with E-state index < -0.39 is 6.10 Å². The van der Waals surface area contributed by atoms with Crippen molar-refractivity contribution in [3.8, 4) is 0 Å². The summed E-state index contributed by atoms with van der Waals surface area (Å²) < 4.78 is 16.9. The quantitative estimate of drug-likeness (QED) is 0.0343. The van der Waals surface area contributed by atoms with Crippen LogP contribution in [0.2, 0.25) is 0 Å². The van der Waals surface area contributed by atoms with Gasteiger partial charge >= 0.3 is 17.9 Å². The highest BCUT2D eigenvalue weighted by atomic mass is 16.6. The summed E-state index contributed by atoms with van der Waals surface area (Å²) in [6, 6.07) is 0. The molecule has 0 aromatic rings. The molecule has 0 amide bonds. The summed E-state index contributed by atoms with van der Waals surface area (Å²) in [6.45, 7) is 9.08. The molecule has 0 bridgehead atoms. The van der Waals surface area contributed by atoms with E-state index >= 15 is 0 Å². The van der Waals surface area contributed by atoms with Gasteiger partial charge in [-0.25, -0.2) is 0 Å². The van der Waals surface area contributed by atoms with Gasteiger partial charge < -0.3 is 14.2 Å². The highest BCUT2D eigenvalue weighted by Crippen LogP contribution is 2.18. The first-order valence-electron chi connectivity index (χ1n) is 30.9. The molecule has 0 spiro atoms. The van der Waals surface area contributed by atoms with Gasteiger partial charge in [-0.1, -0.05) is 317 Å². The Balaban J connectivity index is 4.28. The van der Waals surface area contributed by atoms with Crippen LogP contribution in [0.15, 0.2) is 0 Å².